The topological polar surface area (TPSA) is 94.4 Å². The Morgan fingerprint density at radius 3 is 2.59 bits per heavy atom. The molecule has 148 valence electrons. The SMILES string of the molecule is Cc1ccc(NC(=O)CN2N=N[C@H]3C(=O)N(c4ccc(F)cc4)C(=O)[C@H]32)c(Cl)c1. The van der Waals surface area contributed by atoms with E-state index in [1.165, 1.54) is 17.1 Å². The summed E-state index contributed by atoms with van der Waals surface area (Å²) in [4.78, 5) is 38.8. The zero-order chi connectivity index (χ0) is 20.7. The number of hydrogen-bond acceptors (Lipinski definition) is 6. The fraction of sp³-hybridized carbons (Fsp3) is 0.211. The van der Waals surface area contributed by atoms with Crippen LogP contribution >= 0.6 is 11.6 Å². The van der Waals surface area contributed by atoms with Gasteiger partial charge in [-0.3, -0.25) is 19.4 Å². The fourth-order valence-electron chi connectivity index (χ4n) is 3.26. The van der Waals surface area contributed by atoms with E-state index in [1.54, 1.807) is 18.2 Å². The largest absolute Gasteiger partial charge is 0.323 e. The molecule has 0 aliphatic carbocycles. The van der Waals surface area contributed by atoms with Gasteiger partial charge < -0.3 is 5.32 Å². The number of carbonyl (C=O) groups excluding carboxylic acids is 3. The number of amides is 3. The Balaban J connectivity index is 1.49. The van der Waals surface area contributed by atoms with Crippen molar-refractivity contribution in [1.82, 2.24) is 5.01 Å². The molecule has 1 fully saturated rings. The summed E-state index contributed by atoms with van der Waals surface area (Å²) in [6.45, 7) is 1.59. The van der Waals surface area contributed by atoms with Gasteiger partial charge in [0.25, 0.3) is 11.8 Å². The molecule has 2 atom stereocenters. The first-order valence-electron chi connectivity index (χ1n) is 8.72. The molecular formula is C19H15ClFN5O3. The van der Waals surface area contributed by atoms with E-state index in [-0.39, 0.29) is 12.2 Å². The average molecular weight is 416 g/mol. The second kappa shape index (κ2) is 7.25. The summed E-state index contributed by atoms with van der Waals surface area (Å²) < 4.78 is 13.1. The molecule has 0 bridgehead atoms. The zero-order valence-corrected chi connectivity index (χ0v) is 15.9. The molecule has 10 heteroatoms. The Kier molecular flexibility index (Phi) is 4.75. The fourth-order valence-corrected chi connectivity index (χ4v) is 3.54. The third-order valence-corrected chi connectivity index (χ3v) is 4.96. The van der Waals surface area contributed by atoms with Crippen LogP contribution in [-0.4, -0.2) is 41.4 Å². The van der Waals surface area contributed by atoms with Crippen molar-refractivity contribution in [2.45, 2.75) is 19.0 Å². The van der Waals surface area contributed by atoms with Crippen LogP contribution in [0.4, 0.5) is 15.8 Å². The summed E-state index contributed by atoms with van der Waals surface area (Å²) >= 11 is 6.12. The van der Waals surface area contributed by atoms with Crippen LogP contribution in [0.15, 0.2) is 52.8 Å². The predicted molar refractivity (Wildman–Crippen MR) is 103 cm³/mol. The van der Waals surface area contributed by atoms with Crippen molar-refractivity contribution >= 4 is 40.7 Å². The smallest absolute Gasteiger partial charge is 0.263 e. The molecule has 2 heterocycles. The van der Waals surface area contributed by atoms with Crippen molar-refractivity contribution in [2.24, 2.45) is 10.3 Å². The molecule has 2 aromatic carbocycles. The van der Waals surface area contributed by atoms with E-state index in [2.05, 4.69) is 15.7 Å². The van der Waals surface area contributed by atoms with E-state index in [1.807, 2.05) is 6.92 Å². The van der Waals surface area contributed by atoms with E-state index in [0.717, 1.165) is 22.6 Å². The van der Waals surface area contributed by atoms with Crippen LogP contribution in [0.2, 0.25) is 5.02 Å². The van der Waals surface area contributed by atoms with Gasteiger partial charge in [0.05, 0.1) is 16.4 Å². The van der Waals surface area contributed by atoms with E-state index >= 15 is 0 Å². The maximum atomic E-state index is 13.1. The normalized spacial score (nSPS) is 20.4. The van der Waals surface area contributed by atoms with Crippen LogP contribution in [0.1, 0.15) is 5.56 Å². The van der Waals surface area contributed by atoms with Crippen LogP contribution in [-0.2, 0) is 14.4 Å². The molecule has 4 rings (SSSR count). The third-order valence-electron chi connectivity index (χ3n) is 4.65. The Morgan fingerprint density at radius 2 is 1.90 bits per heavy atom. The van der Waals surface area contributed by atoms with Crippen LogP contribution in [0.3, 0.4) is 0 Å². The Hall–Kier alpha value is -3.33. The molecule has 1 N–H and O–H groups in total. The first-order chi connectivity index (χ1) is 13.8. The molecule has 29 heavy (non-hydrogen) atoms. The van der Waals surface area contributed by atoms with E-state index in [0.29, 0.717) is 10.7 Å². The van der Waals surface area contributed by atoms with Crippen molar-refractivity contribution in [2.75, 3.05) is 16.8 Å². The second-order valence-electron chi connectivity index (χ2n) is 6.71. The van der Waals surface area contributed by atoms with Gasteiger partial charge in [0.1, 0.15) is 12.4 Å². The van der Waals surface area contributed by atoms with Crippen LogP contribution in [0.5, 0.6) is 0 Å². The summed E-state index contributed by atoms with van der Waals surface area (Å²) in [5.41, 5.74) is 1.61. The second-order valence-corrected chi connectivity index (χ2v) is 7.12. The minimum absolute atomic E-state index is 0.238. The van der Waals surface area contributed by atoms with Gasteiger partial charge in [-0.25, -0.2) is 9.29 Å². The minimum atomic E-state index is -1.04. The van der Waals surface area contributed by atoms with Gasteiger partial charge in [0.15, 0.2) is 12.1 Å². The number of carbonyl (C=O) groups is 3. The summed E-state index contributed by atoms with van der Waals surface area (Å²) in [5, 5.41) is 11.9. The highest BCUT2D eigenvalue weighted by Crippen LogP contribution is 2.32. The Morgan fingerprint density at radius 1 is 1.17 bits per heavy atom. The van der Waals surface area contributed by atoms with Crippen molar-refractivity contribution < 1.29 is 18.8 Å². The number of nitrogens with zero attached hydrogens (tertiary/aromatic N) is 4. The average Bonchev–Trinajstić information content (AvgIpc) is 3.19. The minimum Gasteiger partial charge on any atom is -0.323 e. The lowest BCUT2D eigenvalue weighted by atomic mass is 10.1. The number of imide groups is 1. The Labute approximate surface area is 169 Å². The van der Waals surface area contributed by atoms with Gasteiger partial charge in [-0.1, -0.05) is 22.9 Å². The van der Waals surface area contributed by atoms with E-state index < -0.39 is 35.6 Å². The highest BCUT2D eigenvalue weighted by molar-refractivity contribution is 6.33. The van der Waals surface area contributed by atoms with Gasteiger partial charge in [0.2, 0.25) is 5.91 Å². The van der Waals surface area contributed by atoms with E-state index in [4.69, 9.17) is 11.6 Å². The number of anilines is 2. The van der Waals surface area contributed by atoms with E-state index in [9.17, 15) is 18.8 Å². The molecule has 2 aromatic rings. The molecule has 8 nitrogen and oxygen atoms in total. The van der Waals surface area contributed by atoms with Gasteiger partial charge in [0, 0.05) is 0 Å². The molecule has 2 aliphatic rings. The number of halogens is 2. The van der Waals surface area contributed by atoms with Gasteiger partial charge >= 0.3 is 0 Å². The molecule has 0 aromatic heterocycles. The number of fused-ring (bicyclic) bond motifs is 1. The highest BCUT2D eigenvalue weighted by atomic mass is 35.5. The number of rotatable bonds is 4. The van der Waals surface area contributed by atoms with Gasteiger partial charge in [-0.05, 0) is 48.9 Å². The molecule has 2 aliphatic heterocycles. The molecule has 0 radical (unpaired) electrons. The van der Waals surface area contributed by atoms with Gasteiger partial charge in [-0.2, -0.15) is 5.11 Å². The summed E-state index contributed by atoms with van der Waals surface area (Å²) in [6, 6.07) is 8.10. The highest BCUT2D eigenvalue weighted by Gasteiger charge is 2.55. The number of benzene rings is 2. The molecule has 0 unspecified atom stereocenters. The summed E-state index contributed by atoms with van der Waals surface area (Å²) in [7, 11) is 0. The first kappa shape index (κ1) is 19.0. The number of hydrogen-bond donors (Lipinski definition) is 1. The van der Waals surface area contributed by atoms with Crippen molar-refractivity contribution in [1.29, 1.82) is 0 Å². The predicted octanol–water partition coefficient (Wildman–Crippen LogP) is 2.72. The number of nitrogens with one attached hydrogen (secondary N) is 1. The lowest BCUT2D eigenvalue weighted by Crippen LogP contribution is -2.43. The van der Waals surface area contributed by atoms with Crippen molar-refractivity contribution in [3.8, 4) is 0 Å². The number of aryl methyl sites for hydroxylation is 1. The maximum absolute atomic E-state index is 13.1. The van der Waals surface area contributed by atoms with Crippen molar-refractivity contribution in [3.05, 3.63) is 58.9 Å². The first-order valence-corrected chi connectivity index (χ1v) is 9.10. The third kappa shape index (κ3) is 3.44. The zero-order valence-electron chi connectivity index (χ0n) is 15.2. The van der Waals surface area contributed by atoms with Crippen molar-refractivity contribution in [3.63, 3.8) is 0 Å². The Bertz CT molecular complexity index is 1040. The molecule has 1 saturated heterocycles. The lowest BCUT2D eigenvalue weighted by molar-refractivity contribution is -0.123. The summed E-state index contributed by atoms with van der Waals surface area (Å²) in [5.74, 6) is -2.09. The van der Waals surface area contributed by atoms with Crippen LogP contribution in [0.25, 0.3) is 0 Å². The summed E-state index contributed by atoms with van der Waals surface area (Å²) in [6.07, 6.45) is 0. The standard InChI is InChI=1S/C19H15ClFN5O3/c1-10-2-7-14(13(20)8-10)22-15(27)9-25-17-16(23-24-25)18(28)26(19(17)29)12-5-3-11(21)4-6-12/h2-8,16-17H,9H2,1H3,(H,22,27)/t16-,17+/m1/s1. The quantitative estimate of drug-likeness (QED) is 0.777. The van der Waals surface area contributed by atoms with Crippen LogP contribution in [0, 0.1) is 12.7 Å². The molecule has 3 amide bonds. The molecular weight excluding hydrogens is 401 g/mol. The van der Waals surface area contributed by atoms with Crippen LogP contribution < -0.4 is 10.2 Å². The molecule has 0 saturated carbocycles. The monoisotopic (exact) mass is 415 g/mol. The lowest BCUT2D eigenvalue weighted by Gasteiger charge is -2.20. The molecule has 0 spiro atoms. The maximum Gasteiger partial charge on any atom is 0.263 e. The van der Waals surface area contributed by atoms with Gasteiger partial charge in [-0.15, -0.1) is 0 Å².